The van der Waals surface area contributed by atoms with Crippen LogP contribution in [-0.2, 0) is 13.6 Å². The fourth-order valence-corrected chi connectivity index (χ4v) is 3.65. The van der Waals surface area contributed by atoms with E-state index in [0.29, 0.717) is 11.6 Å². The first kappa shape index (κ1) is 15.7. The molecule has 0 N–H and O–H groups in total. The number of rotatable bonds is 3. The average molecular weight is 328 g/mol. The molecule has 0 saturated carbocycles. The lowest BCUT2D eigenvalue weighted by Gasteiger charge is -2.05. The van der Waals surface area contributed by atoms with E-state index in [1.807, 2.05) is 0 Å². The zero-order valence-electron chi connectivity index (χ0n) is 13.8. The quantitative estimate of drug-likeness (QED) is 0.740. The van der Waals surface area contributed by atoms with E-state index < -0.39 is 0 Å². The van der Waals surface area contributed by atoms with Gasteiger partial charge in [0.25, 0.3) is 5.91 Å². The van der Waals surface area contributed by atoms with Gasteiger partial charge >= 0.3 is 0 Å². The van der Waals surface area contributed by atoms with Crippen molar-refractivity contribution in [1.29, 1.82) is 0 Å². The Morgan fingerprint density at radius 1 is 1.35 bits per heavy atom. The molecule has 1 amide bonds. The minimum absolute atomic E-state index is 0.302. The molecule has 23 heavy (non-hydrogen) atoms. The second-order valence-corrected chi connectivity index (χ2v) is 6.81. The summed E-state index contributed by atoms with van der Waals surface area (Å²) in [6.07, 6.45) is 1.75. The minimum atomic E-state index is -0.302. The van der Waals surface area contributed by atoms with E-state index in [-0.39, 0.29) is 5.91 Å². The number of hydrogen-bond acceptors (Lipinski definition) is 3. The van der Waals surface area contributed by atoms with Gasteiger partial charge in [0, 0.05) is 19.8 Å². The van der Waals surface area contributed by atoms with Gasteiger partial charge in [-0.1, -0.05) is 31.3 Å². The van der Waals surface area contributed by atoms with Crippen LogP contribution in [0.4, 0.5) is 0 Å². The molecular formula is C17H20N4OS. The van der Waals surface area contributed by atoms with E-state index in [2.05, 4.69) is 53.6 Å². The Hall–Kier alpha value is -2.21. The number of amides is 1. The maximum absolute atomic E-state index is 12.3. The van der Waals surface area contributed by atoms with Crippen LogP contribution < -0.4 is 4.80 Å². The monoisotopic (exact) mass is 328 g/mol. The molecule has 0 unspecified atom stereocenters. The van der Waals surface area contributed by atoms with Crippen molar-refractivity contribution in [3.05, 3.63) is 46.5 Å². The summed E-state index contributed by atoms with van der Waals surface area (Å²) in [5.74, 6) is 0.176. The number of carbonyl (C=O) groups excluding carboxylic acids is 1. The molecule has 3 rings (SSSR count). The highest BCUT2D eigenvalue weighted by atomic mass is 32.1. The van der Waals surface area contributed by atoms with Gasteiger partial charge in [0.15, 0.2) is 10.5 Å². The van der Waals surface area contributed by atoms with Crippen LogP contribution in [0.25, 0.3) is 10.2 Å². The predicted molar refractivity (Wildman–Crippen MR) is 92.7 cm³/mol. The zero-order chi connectivity index (χ0) is 16.6. The van der Waals surface area contributed by atoms with Gasteiger partial charge in [0.1, 0.15) is 0 Å². The normalized spacial score (nSPS) is 12.5. The number of fused-ring (bicyclic) bond motifs is 1. The van der Waals surface area contributed by atoms with Gasteiger partial charge in [-0.05, 0) is 36.6 Å². The molecule has 0 fully saturated rings. The number of thiazole rings is 1. The highest BCUT2D eigenvalue weighted by Crippen LogP contribution is 2.23. The largest absolute Gasteiger partial charge is 0.317 e. The summed E-state index contributed by atoms with van der Waals surface area (Å²) >= 11 is 1.55. The lowest BCUT2D eigenvalue weighted by atomic mass is 10.0. The van der Waals surface area contributed by atoms with Crippen molar-refractivity contribution in [3.8, 4) is 0 Å². The van der Waals surface area contributed by atoms with Crippen molar-refractivity contribution in [2.24, 2.45) is 12.0 Å². The summed E-state index contributed by atoms with van der Waals surface area (Å²) in [7, 11) is 1.79. The number of nitrogens with zero attached hydrogens (tertiary/aromatic N) is 4. The Balaban J connectivity index is 2.12. The topological polar surface area (TPSA) is 52.2 Å². The molecule has 6 heteroatoms. The first-order chi connectivity index (χ1) is 11.0. The van der Waals surface area contributed by atoms with Crippen LogP contribution in [0.5, 0.6) is 0 Å². The van der Waals surface area contributed by atoms with Crippen LogP contribution in [-0.4, -0.2) is 20.3 Å². The van der Waals surface area contributed by atoms with Gasteiger partial charge in [-0.15, -0.1) is 0 Å². The molecule has 0 aliphatic rings. The summed E-state index contributed by atoms with van der Waals surface area (Å²) in [5, 5.41) is 4.12. The first-order valence-electron chi connectivity index (χ1n) is 7.71. The fraction of sp³-hybridized carbons (Fsp3) is 0.353. The van der Waals surface area contributed by atoms with Gasteiger partial charge < -0.3 is 4.57 Å². The van der Waals surface area contributed by atoms with Gasteiger partial charge in [-0.25, -0.2) is 0 Å². The fourth-order valence-electron chi connectivity index (χ4n) is 2.51. The third-order valence-corrected chi connectivity index (χ3v) is 4.86. The Kier molecular flexibility index (Phi) is 4.17. The summed E-state index contributed by atoms with van der Waals surface area (Å²) in [6.45, 7) is 7.19. The number of hydrogen-bond donors (Lipinski definition) is 0. The molecule has 0 aliphatic carbocycles. The summed E-state index contributed by atoms with van der Waals surface area (Å²) in [6, 6.07) is 8.15. The molecular weight excluding hydrogens is 308 g/mol. The molecule has 0 bridgehead atoms. The molecule has 2 heterocycles. The molecule has 0 spiro atoms. The van der Waals surface area contributed by atoms with Crippen molar-refractivity contribution in [3.63, 3.8) is 0 Å². The molecule has 1 aromatic carbocycles. The van der Waals surface area contributed by atoms with E-state index in [0.717, 1.165) is 21.6 Å². The number of aromatic nitrogens is 3. The molecule has 3 aromatic rings. The number of carbonyl (C=O) groups is 1. The second kappa shape index (κ2) is 6.12. The zero-order valence-corrected chi connectivity index (χ0v) is 14.6. The van der Waals surface area contributed by atoms with Crippen LogP contribution in [0, 0.1) is 0 Å². The molecule has 0 radical (unpaired) electrons. The van der Waals surface area contributed by atoms with Crippen molar-refractivity contribution in [2.75, 3.05) is 0 Å². The van der Waals surface area contributed by atoms with Crippen LogP contribution >= 0.6 is 11.3 Å². The molecule has 0 saturated heterocycles. The van der Waals surface area contributed by atoms with Crippen molar-refractivity contribution < 1.29 is 4.79 Å². The van der Waals surface area contributed by atoms with E-state index in [4.69, 9.17) is 0 Å². The van der Waals surface area contributed by atoms with Gasteiger partial charge in [0.05, 0.1) is 10.2 Å². The van der Waals surface area contributed by atoms with Crippen LogP contribution in [0.2, 0.25) is 0 Å². The Morgan fingerprint density at radius 3 is 2.74 bits per heavy atom. The van der Waals surface area contributed by atoms with E-state index in [9.17, 15) is 4.79 Å². The maximum Gasteiger partial charge on any atom is 0.300 e. The smallest absolute Gasteiger partial charge is 0.300 e. The lowest BCUT2D eigenvalue weighted by Crippen LogP contribution is -2.16. The third kappa shape index (κ3) is 2.99. The predicted octanol–water partition coefficient (Wildman–Crippen LogP) is 3.32. The Labute approximate surface area is 138 Å². The molecule has 0 aliphatic heterocycles. The van der Waals surface area contributed by atoms with Gasteiger partial charge in [0.2, 0.25) is 0 Å². The maximum atomic E-state index is 12.3. The molecule has 5 nitrogen and oxygen atoms in total. The van der Waals surface area contributed by atoms with E-state index in [1.165, 1.54) is 5.56 Å². The molecule has 0 atom stereocenters. The average Bonchev–Trinajstić information content (AvgIpc) is 3.09. The van der Waals surface area contributed by atoms with Crippen LogP contribution in [0.1, 0.15) is 42.7 Å². The second-order valence-electron chi connectivity index (χ2n) is 5.80. The van der Waals surface area contributed by atoms with E-state index in [1.54, 1.807) is 35.3 Å². The lowest BCUT2D eigenvalue weighted by molar-refractivity contribution is 0.0992. The van der Waals surface area contributed by atoms with Crippen molar-refractivity contribution in [1.82, 2.24) is 14.3 Å². The van der Waals surface area contributed by atoms with Crippen LogP contribution in [0.15, 0.2) is 35.5 Å². The van der Waals surface area contributed by atoms with Crippen molar-refractivity contribution in [2.45, 2.75) is 33.2 Å². The van der Waals surface area contributed by atoms with E-state index >= 15 is 0 Å². The highest BCUT2D eigenvalue weighted by molar-refractivity contribution is 7.16. The standard InChI is InChI=1S/C17H20N4OS/c1-5-21-14-7-6-12(11(2)3)10-15(14)23-17(21)18-16(22)13-8-9-20(4)19-13/h6-11H,5H2,1-4H3. The number of aryl methyl sites for hydroxylation is 2. The number of benzene rings is 1. The molecule has 2 aromatic heterocycles. The van der Waals surface area contributed by atoms with Gasteiger partial charge in [-0.3, -0.25) is 9.48 Å². The first-order valence-corrected chi connectivity index (χ1v) is 8.53. The Bertz CT molecular complexity index is 930. The van der Waals surface area contributed by atoms with Crippen molar-refractivity contribution >= 4 is 27.5 Å². The van der Waals surface area contributed by atoms with Gasteiger partial charge in [-0.2, -0.15) is 10.1 Å². The summed E-state index contributed by atoms with van der Waals surface area (Å²) < 4.78 is 4.84. The SMILES string of the molecule is CCn1c(=NC(=O)c2ccn(C)n2)sc2cc(C(C)C)ccc21. The Morgan fingerprint density at radius 2 is 2.13 bits per heavy atom. The molecule has 120 valence electrons. The highest BCUT2D eigenvalue weighted by Gasteiger charge is 2.11. The van der Waals surface area contributed by atoms with Crippen LogP contribution in [0.3, 0.4) is 0 Å². The third-order valence-electron chi connectivity index (χ3n) is 3.82. The summed E-state index contributed by atoms with van der Waals surface area (Å²) in [5.41, 5.74) is 2.79. The summed E-state index contributed by atoms with van der Waals surface area (Å²) in [4.78, 5) is 17.3. The minimum Gasteiger partial charge on any atom is -0.317 e.